The van der Waals surface area contributed by atoms with Gasteiger partial charge in [-0.15, -0.1) is 0 Å². The lowest BCUT2D eigenvalue weighted by atomic mass is 9.79. The van der Waals surface area contributed by atoms with E-state index in [9.17, 15) is 4.79 Å². The third-order valence-electron chi connectivity index (χ3n) is 3.42. The van der Waals surface area contributed by atoms with Gasteiger partial charge in [0.15, 0.2) is 0 Å². The Bertz CT molecular complexity index is 427. The Morgan fingerprint density at radius 1 is 1.33 bits per heavy atom. The minimum Gasteiger partial charge on any atom is -0.481 e. The van der Waals surface area contributed by atoms with E-state index in [2.05, 4.69) is 46.8 Å². The van der Waals surface area contributed by atoms with Gasteiger partial charge in [0.1, 0.15) is 0 Å². The molecule has 0 spiro atoms. The zero-order valence-corrected chi connectivity index (χ0v) is 12.1. The summed E-state index contributed by atoms with van der Waals surface area (Å²) in [5.74, 6) is -0.260. The summed E-state index contributed by atoms with van der Waals surface area (Å²) < 4.78 is 0. The fourth-order valence-corrected chi connectivity index (χ4v) is 2.19. The minimum absolute atomic E-state index is 0.0489. The Labute approximate surface area is 110 Å². The van der Waals surface area contributed by atoms with Crippen molar-refractivity contribution < 1.29 is 9.90 Å². The highest BCUT2D eigenvalue weighted by Crippen LogP contribution is 2.32. The molecule has 2 heteroatoms. The van der Waals surface area contributed by atoms with Gasteiger partial charge in [0, 0.05) is 0 Å². The number of carbonyl (C=O) groups is 1. The lowest BCUT2D eigenvalue weighted by molar-refractivity contribution is -0.136. The lowest BCUT2D eigenvalue weighted by Gasteiger charge is -2.26. The molecule has 0 aromatic heterocycles. The van der Waals surface area contributed by atoms with Crippen LogP contribution in [0, 0.1) is 0 Å². The van der Waals surface area contributed by atoms with Crippen LogP contribution in [0.2, 0.25) is 0 Å². The standard InChI is InChI=1S/C16H24O2/c1-6-11(2)13-8-7-12(10-15(17)18)9-14(13)16(3,4)5/h7-9,11H,6,10H2,1-5H3,(H,17,18). The second-order valence-corrected chi connectivity index (χ2v) is 6.05. The van der Waals surface area contributed by atoms with Crippen LogP contribution in [0.3, 0.4) is 0 Å². The average Bonchev–Trinajstić information content (AvgIpc) is 2.26. The summed E-state index contributed by atoms with van der Waals surface area (Å²) in [6.07, 6.45) is 1.20. The molecule has 0 saturated carbocycles. The molecule has 0 aliphatic carbocycles. The highest BCUT2D eigenvalue weighted by molar-refractivity contribution is 5.70. The molecular formula is C16H24O2. The molecule has 0 aliphatic heterocycles. The highest BCUT2D eigenvalue weighted by Gasteiger charge is 2.21. The van der Waals surface area contributed by atoms with Gasteiger partial charge in [-0.05, 0) is 34.4 Å². The van der Waals surface area contributed by atoms with Crippen LogP contribution in [-0.4, -0.2) is 11.1 Å². The third kappa shape index (κ3) is 3.59. The van der Waals surface area contributed by atoms with Gasteiger partial charge in [0.25, 0.3) is 0 Å². The van der Waals surface area contributed by atoms with E-state index in [1.165, 1.54) is 11.1 Å². The topological polar surface area (TPSA) is 37.3 Å². The maximum Gasteiger partial charge on any atom is 0.307 e. The molecule has 0 aliphatic rings. The summed E-state index contributed by atoms with van der Waals surface area (Å²) >= 11 is 0. The highest BCUT2D eigenvalue weighted by atomic mass is 16.4. The van der Waals surface area contributed by atoms with E-state index in [1.54, 1.807) is 0 Å². The number of rotatable bonds is 4. The molecule has 100 valence electrons. The van der Waals surface area contributed by atoms with Crippen molar-refractivity contribution in [2.24, 2.45) is 0 Å². The number of hydrogen-bond donors (Lipinski definition) is 1. The molecule has 0 saturated heterocycles. The molecule has 1 atom stereocenters. The van der Waals surface area contributed by atoms with Gasteiger partial charge in [0.2, 0.25) is 0 Å². The fourth-order valence-electron chi connectivity index (χ4n) is 2.19. The molecule has 1 N–H and O–H groups in total. The summed E-state index contributed by atoms with van der Waals surface area (Å²) in [4.78, 5) is 10.8. The van der Waals surface area contributed by atoms with Crippen LogP contribution in [0.25, 0.3) is 0 Å². The van der Waals surface area contributed by atoms with Gasteiger partial charge in [0.05, 0.1) is 6.42 Å². The van der Waals surface area contributed by atoms with Gasteiger partial charge < -0.3 is 5.11 Å². The first-order valence-electron chi connectivity index (χ1n) is 6.60. The van der Waals surface area contributed by atoms with Crippen molar-refractivity contribution in [3.8, 4) is 0 Å². The molecule has 0 amide bonds. The van der Waals surface area contributed by atoms with Crippen LogP contribution in [0.1, 0.15) is 63.6 Å². The van der Waals surface area contributed by atoms with E-state index in [1.807, 2.05) is 6.07 Å². The van der Waals surface area contributed by atoms with E-state index in [0.717, 1.165) is 12.0 Å². The van der Waals surface area contributed by atoms with Crippen LogP contribution < -0.4 is 0 Å². The van der Waals surface area contributed by atoms with Crippen molar-refractivity contribution in [2.45, 2.75) is 58.8 Å². The predicted molar refractivity (Wildman–Crippen MR) is 75.2 cm³/mol. The largest absolute Gasteiger partial charge is 0.481 e. The van der Waals surface area contributed by atoms with Crippen molar-refractivity contribution in [1.82, 2.24) is 0 Å². The molecular weight excluding hydrogens is 224 g/mol. The first kappa shape index (κ1) is 14.7. The number of hydrogen-bond acceptors (Lipinski definition) is 1. The summed E-state index contributed by atoms with van der Waals surface area (Å²) in [5, 5.41) is 8.89. The lowest BCUT2D eigenvalue weighted by Crippen LogP contribution is -2.16. The van der Waals surface area contributed by atoms with E-state index in [-0.39, 0.29) is 11.8 Å². The quantitative estimate of drug-likeness (QED) is 0.870. The van der Waals surface area contributed by atoms with E-state index in [0.29, 0.717) is 5.92 Å². The molecule has 0 radical (unpaired) electrons. The van der Waals surface area contributed by atoms with Crippen LogP contribution in [0.15, 0.2) is 18.2 Å². The molecule has 18 heavy (non-hydrogen) atoms. The second kappa shape index (κ2) is 5.55. The van der Waals surface area contributed by atoms with Crippen molar-refractivity contribution in [3.05, 3.63) is 34.9 Å². The molecule has 1 rings (SSSR count). The van der Waals surface area contributed by atoms with Crippen LogP contribution in [0.5, 0.6) is 0 Å². The minimum atomic E-state index is -0.772. The van der Waals surface area contributed by atoms with Crippen LogP contribution in [0.4, 0.5) is 0 Å². The zero-order valence-electron chi connectivity index (χ0n) is 12.1. The van der Waals surface area contributed by atoms with E-state index < -0.39 is 5.97 Å². The third-order valence-corrected chi connectivity index (χ3v) is 3.42. The Balaban J connectivity index is 3.25. The average molecular weight is 248 g/mol. The number of aliphatic carboxylic acids is 1. The molecule has 0 heterocycles. The SMILES string of the molecule is CCC(C)c1ccc(CC(=O)O)cc1C(C)(C)C. The van der Waals surface area contributed by atoms with Gasteiger partial charge in [-0.3, -0.25) is 4.79 Å². The normalized spacial score (nSPS) is 13.4. The fraction of sp³-hybridized carbons (Fsp3) is 0.562. The Kier molecular flexibility index (Phi) is 4.55. The van der Waals surface area contributed by atoms with Crippen molar-refractivity contribution >= 4 is 5.97 Å². The summed E-state index contributed by atoms with van der Waals surface area (Å²) in [7, 11) is 0. The molecule has 1 aromatic carbocycles. The van der Waals surface area contributed by atoms with Crippen molar-refractivity contribution in [3.63, 3.8) is 0 Å². The number of carboxylic acids is 1. The molecule has 0 fully saturated rings. The van der Waals surface area contributed by atoms with Crippen LogP contribution >= 0.6 is 0 Å². The first-order chi connectivity index (χ1) is 8.25. The summed E-state index contributed by atoms with van der Waals surface area (Å²) in [6.45, 7) is 10.9. The summed E-state index contributed by atoms with van der Waals surface area (Å²) in [5.41, 5.74) is 3.56. The zero-order chi connectivity index (χ0) is 13.9. The number of carboxylic acid groups (broad SMARTS) is 1. The number of benzene rings is 1. The van der Waals surface area contributed by atoms with Gasteiger partial charge >= 0.3 is 5.97 Å². The molecule has 0 bridgehead atoms. The van der Waals surface area contributed by atoms with Crippen molar-refractivity contribution in [2.75, 3.05) is 0 Å². The Morgan fingerprint density at radius 2 is 1.94 bits per heavy atom. The molecule has 1 unspecified atom stereocenters. The first-order valence-corrected chi connectivity index (χ1v) is 6.60. The maximum absolute atomic E-state index is 10.8. The maximum atomic E-state index is 10.8. The predicted octanol–water partition coefficient (Wildman–Crippen LogP) is 4.12. The monoisotopic (exact) mass is 248 g/mol. The second-order valence-electron chi connectivity index (χ2n) is 6.05. The summed E-state index contributed by atoms with van der Waals surface area (Å²) in [6, 6.07) is 6.12. The molecule has 1 aromatic rings. The van der Waals surface area contributed by atoms with Gasteiger partial charge in [-0.1, -0.05) is 52.8 Å². The van der Waals surface area contributed by atoms with E-state index >= 15 is 0 Å². The Morgan fingerprint density at radius 3 is 2.39 bits per heavy atom. The van der Waals surface area contributed by atoms with E-state index in [4.69, 9.17) is 5.11 Å². The van der Waals surface area contributed by atoms with Crippen LogP contribution in [-0.2, 0) is 16.6 Å². The van der Waals surface area contributed by atoms with Gasteiger partial charge in [-0.25, -0.2) is 0 Å². The molecule has 2 nitrogen and oxygen atoms in total. The Hall–Kier alpha value is -1.31. The van der Waals surface area contributed by atoms with Gasteiger partial charge in [-0.2, -0.15) is 0 Å². The van der Waals surface area contributed by atoms with Crippen molar-refractivity contribution in [1.29, 1.82) is 0 Å². The smallest absolute Gasteiger partial charge is 0.307 e.